The first-order valence-electron chi connectivity index (χ1n) is 13.1. The Bertz CT molecular complexity index is 1850. The minimum atomic E-state index is -1.01. The van der Waals surface area contributed by atoms with Crippen molar-refractivity contribution in [3.05, 3.63) is 133 Å². The van der Waals surface area contributed by atoms with Crippen LogP contribution in [0.25, 0.3) is 33.9 Å². The molecule has 7 nitrogen and oxygen atoms in total. The Morgan fingerprint density at radius 1 is 0.585 bits per heavy atom. The summed E-state index contributed by atoms with van der Waals surface area (Å²) in [6.07, 6.45) is 0. The fraction of sp³-hybridized carbons (Fsp3) is 0. The molecule has 1 aliphatic rings. The van der Waals surface area contributed by atoms with Crippen LogP contribution in [0.3, 0.4) is 0 Å². The van der Waals surface area contributed by atoms with E-state index in [1.807, 2.05) is 114 Å². The highest BCUT2D eigenvalue weighted by atomic mass is 16.5. The number of para-hydroxylation sites is 3. The summed E-state index contributed by atoms with van der Waals surface area (Å²) >= 11 is 0. The van der Waals surface area contributed by atoms with Crippen LogP contribution in [-0.4, -0.2) is 26.0 Å². The van der Waals surface area contributed by atoms with Crippen molar-refractivity contribution in [1.29, 1.82) is 0 Å². The summed E-state index contributed by atoms with van der Waals surface area (Å²) in [7, 11) is 0. The number of carboxylic acid groups (broad SMARTS) is 1. The number of ether oxygens (including phenoxy) is 1. The van der Waals surface area contributed by atoms with Crippen LogP contribution >= 0.6 is 0 Å². The maximum atomic E-state index is 12.1. The van der Waals surface area contributed by atoms with Crippen LogP contribution in [0.5, 0.6) is 11.5 Å². The number of hydrogen-bond donors (Lipinski definition) is 1. The fourth-order valence-corrected chi connectivity index (χ4v) is 5.01. The second kappa shape index (κ2) is 10.1. The van der Waals surface area contributed by atoms with E-state index in [4.69, 9.17) is 19.7 Å². The monoisotopic (exact) mass is 534 g/mol. The van der Waals surface area contributed by atoms with Gasteiger partial charge in [-0.25, -0.2) is 9.78 Å². The largest absolute Gasteiger partial charge is 0.478 e. The molecule has 0 aliphatic carbocycles. The molecule has 0 radical (unpaired) electrons. The normalized spacial score (nSPS) is 11.8. The maximum absolute atomic E-state index is 12.1. The summed E-state index contributed by atoms with van der Waals surface area (Å²) in [4.78, 5) is 28.8. The van der Waals surface area contributed by atoms with Gasteiger partial charge in [-0.05, 0) is 29.8 Å². The summed E-state index contributed by atoms with van der Waals surface area (Å²) in [6.45, 7) is 0. The van der Waals surface area contributed by atoms with Crippen molar-refractivity contribution in [2.75, 3.05) is 4.90 Å². The number of fused-ring (bicyclic) bond motifs is 2. The standard InChI is InChI=1S/C34H22N4O3/c39-33(40)26-17-8-7-16-24(26)25-18-11-20-28-30(25)41-29-21-10-9-19-27(29)38(28)34-36-31(22-12-3-1-4-13-22)35-32(37-34)23-14-5-2-6-15-23/h1-21H,(H,39,40). The molecule has 7 rings (SSSR count). The van der Waals surface area contributed by atoms with Gasteiger partial charge in [-0.15, -0.1) is 0 Å². The Morgan fingerprint density at radius 3 is 1.83 bits per heavy atom. The molecular weight excluding hydrogens is 512 g/mol. The molecule has 1 aromatic heterocycles. The number of rotatable bonds is 5. The van der Waals surface area contributed by atoms with Crippen molar-refractivity contribution in [3.63, 3.8) is 0 Å². The SMILES string of the molecule is O=C(O)c1ccccc1-c1cccc2c1Oc1ccccc1N2c1nc(-c2ccccc2)nc(-c2ccccc2)n1. The smallest absolute Gasteiger partial charge is 0.336 e. The van der Waals surface area contributed by atoms with E-state index in [0.29, 0.717) is 45.9 Å². The summed E-state index contributed by atoms with van der Waals surface area (Å²) in [6, 6.07) is 39.8. The molecule has 5 aromatic carbocycles. The van der Waals surface area contributed by atoms with Crippen LogP contribution in [0.2, 0.25) is 0 Å². The third kappa shape index (κ3) is 4.35. The van der Waals surface area contributed by atoms with Crippen molar-refractivity contribution < 1.29 is 14.6 Å². The Morgan fingerprint density at radius 2 is 1.15 bits per heavy atom. The van der Waals surface area contributed by atoms with Gasteiger partial charge in [-0.3, -0.25) is 4.90 Å². The van der Waals surface area contributed by atoms with Crippen molar-refractivity contribution >= 4 is 23.3 Å². The molecule has 7 heteroatoms. The van der Waals surface area contributed by atoms with Crippen molar-refractivity contribution in [3.8, 4) is 45.4 Å². The van der Waals surface area contributed by atoms with Gasteiger partial charge in [0, 0.05) is 16.7 Å². The Kier molecular flexibility index (Phi) is 5.94. The van der Waals surface area contributed by atoms with Crippen LogP contribution in [0.4, 0.5) is 17.3 Å². The third-order valence-corrected chi connectivity index (χ3v) is 6.89. The van der Waals surface area contributed by atoms with E-state index in [9.17, 15) is 9.90 Å². The zero-order valence-corrected chi connectivity index (χ0v) is 21.7. The highest BCUT2D eigenvalue weighted by Crippen LogP contribution is 2.53. The molecule has 1 N–H and O–H groups in total. The van der Waals surface area contributed by atoms with Crippen molar-refractivity contribution in [2.24, 2.45) is 0 Å². The van der Waals surface area contributed by atoms with Gasteiger partial charge in [0.2, 0.25) is 5.95 Å². The number of aromatic carboxylic acids is 1. The van der Waals surface area contributed by atoms with Gasteiger partial charge in [-0.1, -0.05) is 103 Å². The minimum Gasteiger partial charge on any atom is -0.478 e. The van der Waals surface area contributed by atoms with E-state index in [2.05, 4.69) is 0 Å². The van der Waals surface area contributed by atoms with E-state index in [0.717, 1.165) is 16.8 Å². The van der Waals surface area contributed by atoms with E-state index < -0.39 is 5.97 Å². The number of anilines is 3. The van der Waals surface area contributed by atoms with Crippen LogP contribution in [0.15, 0.2) is 127 Å². The molecule has 0 amide bonds. The molecule has 41 heavy (non-hydrogen) atoms. The average molecular weight is 535 g/mol. The maximum Gasteiger partial charge on any atom is 0.336 e. The van der Waals surface area contributed by atoms with Crippen LogP contribution in [0.1, 0.15) is 10.4 Å². The minimum absolute atomic E-state index is 0.188. The Balaban J connectivity index is 1.49. The van der Waals surface area contributed by atoms with Gasteiger partial charge in [0.25, 0.3) is 0 Å². The number of hydrogen-bond acceptors (Lipinski definition) is 6. The number of carboxylic acids is 1. The molecule has 1 aliphatic heterocycles. The molecular formula is C34H22N4O3. The molecule has 0 bridgehead atoms. The first-order valence-corrected chi connectivity index (χ1v) is 13.1. The number of nitrogens with zero attached hydrogens (tertiary/aromatic N) is 4. The van der Waals surface area contributed by atoms with E-state index in [1.54, 1.807) is 18.2 Å². The van der Waals surface area contributed by atoms with Gasteiger partial charge < -0.3 is 9.84 Å². The van der Waals surface area contributed by atoms with Crippen molar-refractivity contribution in [2.45, 2.75) is 0 Å². The molecule has 0 spiro atoms. The molecule has 0 saturated heterocycles. The van der Waals surface area contributed by atoms with Gasteiger partial charge in [-0.2, -0.15) is 9.97 Å². The Labute approximate surface area is 236 Å². The van der Waals surface area contributed by atoms with Gasteiger partial charge in [0.15, 0.2) is 23.1 Å². The van der Waals surface area contributed by atoms with E-state index in [1.165, 1.54) is 0 Å². The lowest BCUT2D eigenvalue weighted by Gasteiger charge is -2.32. The van der Waals surface area contributed by atoms with E-state index >= 15 is 0 Å². The lowest BCUT2D eigenvalue weighted by atomic mass is 9.97. The zero-order valence-electron chi connectivity index (χ0n) is 21.7. The molecule has 0 fully saturated rings. The lowest BCUT2D eigenvalue weighted by Crippen LogP contribution is -2.19. The molecule has 0 saturated carbocycles. The summed E-state index contributed by atoms with van der Waals surface area (Å²) in [5, 5.41) is 9.92. The fourth-order valence-electron chi connectivity index (χ4n) is 5.01. The first-order chi connectivity index (χ1) is 20.2. The van der Waals surface area contributed by atoms with Crippen LogP contribution in [-0.2, 0) is 0 Å². The predicted molar refractivity (Wildman–Crippen MR) is 158 cm³/mol. The summed E-state index contributed by atoms with van der Waals surface area (Å²) in [5.74, 6) is 1.59. The lowest BCUT2D eigenvalue weighted by molar-refractivity contribution is 0.0697. The number of benzene rings is 5. The highest BCUT2D eigenvalue weighted by Gasteiger charge is 2.31. The summed E-state index contributed by atoms with van der Waals surface area (Å²) in [5.41, 5.74) is 4.56. The van der Waals surface area contributed by atoms with Gasteiger partial charge >= 0.3 is 5.97 Å². The third-order valence-electron chi connectivity index (χ3n) is 6.89. The summed E-state index contributed by atoms with van der Waals surface area (Å²) < 4.78 is 6.47. The molecule has 2 heterocycles. The molecule has 0 atom stereocenters. The van der Waals surface area contributed by atoms with Gasteiger partial charge in [0.05, 0.1) is 16.9 Å². The first kappa shape index (κ1) is 24.2. The molecule has 196 valence electrons. The Hall–Kier alpha value is -5.82. The number of aromatic nitrogens is 3. The number of carbonyl (C=O) groups is 1. The molecule has 6 aromatic rings. The van der Waals surface area contributed by atoms with Crippen LogP contribution < -0.4 is 9.64 Å². The quantitative estimate of drug-likeness (QED) is 0.238. The van der Waals surface area contributed by atoms with Crippen molar-refractivity contribution in [1.82, 2.24) is 15.0 Å². The second-order valence-corrected chi connectivity index (χ2v) is 9.42. The average Bonchev–Trinajstić information content (AvgIpc) is 3.04. The predicted octanol–water partition coefficient (Wildman–Crippen LogP) is 8.15. The van der Waals surface area contributed by atoms with Gasteiger partial charge in [0.1, 0.15) is 0 Å². The highest BCUT2D eigenvalue weighted by molar-refractivity contribution is 5.99. The second-order valence-electron chi connectivity index (χ2n) is 9.42. The zero-order chi connectivity index (χ0) is 27.8. The van der Waals surface area contributed by atoms with Crippen LogP contribution in [0, 0.1) is 0 Å². The topological polar surface area (TPSA) is 88.4 Å². The van der Waals surface area contributed by atoms with E-state index in [-0.39, 0.29) is 5.56 Å². The molecule has 0 unspecified atom stereocenters.